The topological polar surface area (TPSA) is 93.2 Å². The summed E-state index contributed by atoms with van der Waals surface area (Å²) in [6.07, 6.45) is -2.73. The molecule has 0 unspecified atom stereocenters. The standard InChI is InChI=1S/C33H28F3N5O4/c1-45-28-11-8-22(9-12-28)32(42)39-16-14-38(15-17-39)21-29-31(24-5-3-7-27(19-24)41(43)44)37-30-13-10-25(20-40(29)30)23-4-2-6-26(18-23)33(34,35)36/h2-13,18-20H,14-17,21H2,1H3. The van der Waals surface area contributed by atoms with Gasteiger partial charge in [-0.05, 0) is 59.7 Å². The summed E-state index contributed by atoms with van der Waals surface area (Å²) >= 11 is 0. The van der Waals surface area contributed by atoms with Crippen LogP contribution < -0.4 is 4.74 Å². The van der Waals surface area contributed by atoms with E-state index in [1.54, 1.807) is 72.8 Å². The lowest BCUT2D eigenvalue weighted by molar-refractivity contribution is -0.384. The van der Waals surface area contributed by atoms with Crippen LogP contribution in [0.2, 0.25) is 0 Å². The maximum absolute atomic E-state index is 13.4. The van der Waals surface area contributed by atoms with Gasteiger partial charge in [-0.2, -0.15) is 13.2 Å². The monoisotopic (exact) mass is 615 g/mol. The Hall–Kier alpha value is -5.23. The number of fused-ring (bicyclic) bond motifs is 1. The Labute approximate surface area is 256 Å². The van der Waals surface area contributed by atoms with Crippen LogP contribution in [0.5, 0.6) is 5.75 Å². The highest BCUT2D eigenvalue weighted by atomic mass is 19.4. The molecule has 1 aliphatic heterocycles. The second kappa shape index (κ2) is 12.0. The predicted molar refractivity (Wildman–Crippen MR) is 162 cm³/mol. The molecule has 1 fully saturated rings. The van der Waals surface area contributed by atoms with Crippen LogP contribution >= 0.6 is 0 Å². The zero-order valence-electron chi connectivity index (χ0n) is 24.2. The van der Waals surface area contributed by atoms with Gasteiger partial charge in [-0.1, -0.05) is 24.3 Å². The number of non-ortho nitro benzene ring substituents is 1. The number of nitrogens with zero attached hydrogens (tertiary/aromatic N) is 5. The normalized spacial score (nSPS) is 14.1. The SMILES string of the molecule is COc1ccc(C(=O)N2CCN(Cc3c(-c4cccc([N+](=O)[O-])c4)nc4ccc(-c5cccc(C(F)(F)F)c5)cn34)CC2)cc1. The molecule has 0 spiro atoms. The van der Waals surface area contributed by atoms with Crippen LogP contribution in [-0.4, -0.2) is 63.3 Å². The quantitative estimate of drug-likeness (QED) is 0.152. The maximum Gasteiger partial charge on any atom is 0.416 e. The number of carbonyl (C=O) groups is 1. The van der Waals surface area contributed by atoms with E-state index in [-0.39, 0.29) is 11.6 Å². The van der Waals surface area contributed by atoms with E-state index in [2.05, 4.69) is 4.90 Å². The Morgan fingerprint density at radius 2 is 1.62 bits per heavy atom. The van der Waals surface area contributed by atoms with Crippen LogP contribution in [0.3, 0.4) is 0 Å². The fourth-order valence-corrected chi connectivity index (χ4v) is 5.53. The number of piperazine rings is 1. The first-order valence-electron chi connectivity index (χ1n) is 14.2. The van der Waals surface area contributed by atoms with Gasteiger partial charge in [-0.15, -0.1) is 0 Å². The van der Waals surface area contributed by atoms with Crippen LogP contribution in [0.4, 0.5) is 18.9 Å². The highest BCUT2D eigenvalue weighted by Crippen LogP contribution is 2.34. The summed E-state index contributed by atoms with van der Waals surface area (Å²) in [5.74, 6) is 0.593. The number of nitro benzene ring substituents is 1. The van der Waals surface area contributed by atoms with E-state index < -0.39 is 16.7 Å². The molecule has 3 heterocycles. The number of halogens is 3. The van der Waals surface area contributed by atoms with Gasteiger partial charge in [0, 0.05) is 62.2 Å². The molecule has 1 amide bonds. The first-order chi connectivity index (χ1) is 21.6. The molecule has 5 aromatic rings. The molecular weight excluding hydrogens is 587 g/mol. The second-order valence-corrected chi connectivity index (χ2v) is 10.7. The second-order valence-electron chi connectivity index (χ2n) is 10.7. The molecule has 0 atom stereocenters. The number of carbonyl (C=O) groups excluding carboxylic acids is 1. The van der Waals surface area contributed by atoms with Crippen molar-refractivity contribution in [3.8, 4) is 28.1 Å². The van der Waals surface area contributed by atoms with Crippen LogP contribution in [0.25, 0.3) is 28.0 Å². The fraction of sp³-hybridized carbons (Fsp3) is 0.212. The first kappa shape index (κ1) is 29.8. The van der Waals surface area contributed by atoms with Gasteiger partial charge in [-0.3, -0.25) is 19.8 Å². The summed E-state index contributed by atoms with van der Waals surface area (Å²) in [5, 5.41) is 11.5. The number of alkyl halides is 3. The van der Waals surface area contributed by atoms with Crippen molar-refractivity contribution < 1.29 is 27.6 Å². The Morgan fingerprint density at radius 3 is 2.31 bits per heavy atom. The lowest BCUT2D eigenvalue weighted by Gasteiger charge is -2.34. The highest BCUT2D eigenvalue weighted by molar-refractivity contribution is 5.94. The van der Waals surface area contributed by atoms with Crippen molar-refractivity contribution >= 4 is 17.2 Å². The first-order valence-corrected chi connectivity index (χ1v) is 14.2. The highest BCUT2D eigenvalue weighted by Gasteiger charge is 2.30. The average Bonchev–Trinajstić information content (AvgIpc) is 3.42. The molecule has 0 aliphatic carbocycles. The fourth-order valence-electron chi connectivity index (χ4n) is 5.53. The van der Waals surface area contributed by atoms with E-state index >= 15 is 0 Å². The van der Waals surface area contributed by atoms with E-state index in [1.165, 1.54) is 18.2 Å². The molecular formula is C33H28F3N5O4. The molecule has 0 bridgehead atoms. The molecule has 0 saturated carbocycles. The van der Waals surface area contributed by atoms with Crippen LogP contribution in [-0.2, 0) is 12.7 Å². The maximum atomic E-state index is 13.4. The van der Waals surface area contributed by atoms with E-state index in [4.69, 9.17) is 9.72 Å². The van der Waals surface area contributed by atoms with Crippen molar-refractivity contribution in [2.45, 2.75) is 12.7 Å². The van der Waals surface area contributed by atoms with Gasteiger partial charge in [0.2, 0.25) is 0 Å². The molecule has 3 aromatic carbocycles. The molecule has 2 aromatic heterocycles. The third-order valence-corrected chi connectivity index (χ3v) is 7.94. The molecule has 1 saturated heterocycles. The Morgan fingerprint density at radius 1 is 0.911 bits per heavy atom. The largest absolute Gasteiger partial charge is 0.497 e. The van der Waals surface area contributed by atoms with Gasteiger partial charge in [0.05, 0.1) is 29.0 Å². The molecule has 1 aliphatic rings. The van der Waals surface area contributed by atoms with Crippen molar-refractivity contribution in [2.24, 2.45) is 0 Å². The zero-order valence-corrected chi connectivity index (χ0v) is 24.2. The molecule has 6 rings (SSSR count). The molecule has 0 radical (unpaired) electrons. The van der Waals surface area contributed by atoms with Gasteiger partial charge in [0.25, 0.3) is 11.6 Å². The van der Waals surface area contributed by atoms with Crippen molar-refractivity contribution in [2.75, 3.05) is 33.3 Å². The minimum Gasteiger partial charge on any atom is -0.497 e. The lowest BCUT2D eigenvalue weighted by Crippen LogP contribution is -2.48. The average molecular weight is 616 g/mol. The van der Waals surface area contributed by atoms with Gasteiger partial charge >= 0.3 is 6.18 Å². The van der Waals surface area contributed by atoms with E-state index in [1.807, 2.05) is 4.40 Å². The lowest BCUT2D eigenvalue weighted by atomic mass is 10.0. The number of hydrogen-bond donors (Lipinski definition) is 0. The number of nitro groups is 1. The number of aromatic nitrogens is 2. The van der Waals surface area contributed by atoms with Gasteiger partial charge < -0.3 is 14.0 Å². The summed E-state index contributed by atoms with van der Waals surface area (Å²) in [4.78, 5) is 32.9. The van der Waals surface area contributed by atoms with E-state index in [0.717, 1.165) is 17.8 Å². The predicted octanol–water partition coefficient (Wildman–Crippen LogP) is 6.56. The number of rotatable bonds is 7. The number of amides is 1. The van der Waals surface area contributed by atoms with E-state index in [0.29, 0.717) is 72.1 Å². The van der Waals surface area contributed by atoms with Crippen LogP contribution in [0.15, 0.2) is 91.1 Å². The van der Waals surface area contributed by atoms with E-state index in [9.17, 15) is 28.1 Å². The number of hydrogen-bond acceptors (Lipinski definition) is 6. The summed E-state index contributed by atoms with van der Waals surface area (Å²) in [6, 6.07) is 21.7. The van der Waals surface area contributed by atoms with Crippen molar-refractivity contribution in [3.05, 3.63) is 118 Å². The zero-order chi connectivity index (χ0) is 31.7. The van der Waals surface area contributed by atoms with Crippen molar-refractivity contribution in [1.29, 1.82) is 0 Å². The minimum atomic E-state index is -4.48. The third-order valence-electron chi connectivity index (χ3n) is 7.94. The Bertz CT molecular complexity index is 1880. The number of imidazole rings is 1. The molecule has 0 N–H and O–H groups in total. The number of ether oxygens (including phenoxy) is 1. The summed E-state index contributed by atoms with van der Waals surface area (Å²) < 4.78 is 47.4. The Kier molecular flexibility index (Phi) is 7.98. The molecule has 230 valence electrons. The van der Waals surface area contributed by atoms with Gasteiger partial charge in [0.15, 0.2) is 0 Å². The third kappa shape index (κ3) is 6.22. The van der Waals surface area contributed by atoms with Crippen LogP contribution in [0, 0.1) is 10.1 Å². The smallest absolute Gasteiger partial charge is 0.416 e. The van der Waals surface area contributed by atoms with Gasteiger partial charge in [-0.25, -0.2) is 4.98 Å². The molecule has 12 heteroatoms. The van der Waals surface area contributed by atoms with Crippen LogP contribution in [0.1, 0.15) is 21.6 Å². The van der Waals surface area contributed by atoms with Crippen molar-refractivity contribution in [1.82, 2.24) is 19.2 Å². The summed E-state index contributed by atoms with van der Waals surface area (Å²) in [6.45, 7) is 2.51. The number of benzene rings is 3. The number of pyridine rings is 1. The summed E-state index contributed by atoms with van der Waals surface area (Å²) in [5.41, 5.74) is 3.08. The van der Waals surface area contributed by atoms with Gasteiger partial charge in [0.1, 0.15) is 11.4 Å². The minimum absolute atomic E-state index is 0.0740. The van der Waals surface area contributed by atoms with Crippen molar-refractivity contribution in [3.63, 3.8) is 0 Å². The number of methoxy groups -OCH3 is 1. The molecule has 9 nitrogen and oxygen atoms in total. The molecule has 45 heavy (non-hydrogen) atoms. The Balaban J connectivity index is 1.32. The summed E-state index contributed by atoms with van der Waals surface area (Å²) in [7, 11) is 1.57.